The Balaban J connectivity index is 1.25. The van der Waals surface area contributed by atoms with Gasteiger partial charge in [0.25, 0.3) is 5.92 Å². The molecule has 1 aliphatic carbocycles. The Morgan fingerprint density at radius 1 is 1.12 bits per heavy atom. The highest BCUT2D eigenvalue weighted by molar-refractivity contribution is 5.90. The second kappa shape index (κ2) is 9.51. The van der Waals surface area contributed by atoms with Crippen LogP contribution in [0.3, 0.4) is 0 Å². The molecule has 0 N–H and O–H groups in total. The van der Waals surface area contributed by atoms with Crippen LogP contribution in [0.25, 0.3) is 22.8 Å². The van der Waals surface area contributed by atoms with Crippen molar-refractivity contribution < 1.29 is 27.8 Å². The maximum atomic E-state index is 13.8. The van der Waals surface area contributed by atoms with Crippen molar-refractivity contribution in [1.29, 1.82) is 0 Å². The Morgan fingerprint density at radius 2 is 1.88 bits per heavy atom. The Hall–Kier alpha value is -4.52. The van der Waals surface area contributed by atoms with E-state index in [0.29, 0.717) is 40.0 Å². The lowest BCUT2D eigenvalue weighted by atomic mass is 9.91. The summed E-state index contributed by atoms with van der Waals surface area (Å²) in [7, 11) is 3.21. The summed E-state index contributed by atoms with van der Waals surface area (Å²) in [5.41, 5.74) is 2.28. The fourth-order valence-electron chi connectivity index (χ4n) is 5.33. The van der Waals surface area contributed by atoms with Gasteiger partial charge in [-0.2, -0.15) is 8.78 Å². The van der Waals surface area contributed by atoms with E-state index in [9.17, 15) is 13.6 Å². The molecule has 2 fully saturated rings. The number of nitrogens with zero attached hydrogens (tertiary/aromatic N) is 7. The van der Waals surface area contributed by atoms with Gasteiger partial charge in [0, 0.05) is 37.8 Å². The Morgan fingerprint density at radius 3 is 2.50 bits per heavy atom. The van der Waals surface area contributed by atoms with E-state index in [4.69, 9.17) is 19.2 Å². The summed E-state index contributed by atoms with van der Waals surface area (Å²) in [5.74, 6) is -1.22. The summed E-state index contributed by atoms with van der Waals surface area (Å²) in [6.07, 6.45) is 5.93. The fraction of sp³-hybridized carbons (Fsp3) is 0.379. The molecule has 0 unspecified atom stereocenters. The SMILES string of the molecule is COc1ncnc(C2CC2)c1-c1ncc2c(n1)N(Cc1ccc(-c3nc(C(C)(F)F)cn3C)cc1)C(=O)OC21COC1. The molecule has 0 bridgehead atoms. The summed E-state index contributed by atoms with van der Waals surface area (Å²) < 4.78 is 46.1. The van der Waals surface area contributed by atoms with Gasteiger partial charge in [0.1, 0.15) is 29.2 Å². The topological polar surface area (TPSA) is 117 Å². The van der Waals surface area contributed by atoms with Crippen LogP contribution >= 0.6 is 0 Å². The number of carbonyl (C=O) groups excluding carboxylic acids is 1. The summed E-state index contributed by atoms with van der Waals surface area (Å²) in [6, 6.07) is 7.20. The third-order valence-electron chi connectivity index (χ3n) is 7.79. The monoisotopic (exact) mass is 575 g/mol. The molecule has 0 atom stereocenters. The molecule has 11 nitrogen and oxygen atoms in total. The smallest absolute Gasteiger partial charge is 0.416 e. The lowest BCUT2D eigenvalue weighted by Crippen LogP contribution is -2.56. The number of aromatic nitrogens is 6. The van der Waals surface area contributed by atoms with Gasteiger partial charge in [-0.25, -0.2) is 29.7 Å². The number of anilines is 1. The molecular formula is C29H27F2N7O4. The zero-order chi connectivity index (χ0) is 29.2. The van der Waals surface area contributed by atoms with Crippen LogP contribution in [-0.4, -0.2) is 55.9 Å². The summed E-state index contributed by atoms with van der Waals surface area (Å²) >= 11 is 0. The van der Waals surface area contributed by atoms with E-state index in [1.807, 2.05) is 12.1 Å². The predicted molar refractivity (Wildman–Crippen MR) is 145 cm³/mol. The van der Waals surface area contributed by atoms with Crippen LogP contribution in [0.2, 0.25) is 0 Å². The second-order valence-corrected chi connectivity index (χ2v) is 10.9. The molecule has 4 aromatic rings. The molecule has 1 saturated carbocycles. The highest BCUT2D eigenvalue weighted by Crippen LogP contribution is 2.47. The average Bonchev–Trinajstić information content (AvgIpc) is 3.73. The molecule has 2 aliphatic heterocycles. The van der Waals surface area contributed by atoms with Crippen LogP contribution in [0.4, 0.5) is 19.4 Å². The quantitative estimate of drug-likeness (QED) is 0.309. The number of alkyl halides is 2. The van der Waals surface area contributed by atoms with Crippen molar-refractivity contribution >= 4 is 11.9 Å². The van der Waals surface area contributed by atoms with Gasteiger partial charge in [-0.15, -0.1) is 0 Å². The number of amides is 1. The third-order valence-corrected chi connectivity index (χ3v) is 7.79. The van der Waals surface area contributed by atoms with Gasteiger partial charge >= 0.3 is 6.09 Å². The molecule has 1 saturated heterocycles. The van der Waals surface area contributed by atoms with Crippen LogP contribution in [0.1, 0.15) is 48.2 Å². The zero-order valence-electron chi connectivity index (χ0n) is 23.2. The van der Waals surface area contributed by atoms with Gasteiger partial charge in [-0.3, -0.25) is 4.90 Å². The fourth-order valence-corrected chi connectivity index (χ4v) is 5.33. The molecule has 42 heavy (non-hydrogen) atoms. The molecule has 0 radical (unpaired) electrons. The number of ether oxygens (including phenoxy) is 3. The molecular weight excluding hydrogens is 548 g/mol. The first kappa shape index (κ1) is 26.4. The number of imidazole rings is 1. The van der Waals surface area contributed by atoms with Gasteiger partial charge in [0.15, 0.2) is 11.4 Å². The molecule has 3 aromatic heterocycles. The zero-order valence-corrected chi connectivity index (χ0v) is 23.2. The van der Waals surface area contributed by atoms with Crippen LogP contribution in [0.15, 0.2) is 43.0 Å². The van der Waals surface area contributed by atoms with Crippen LogP contribution in [-0.2, 0) is 34.6 Å². The first-order valence-electron chi connectivity index (χ1n) is 13.5. The molecule has 13 heteroatoms. The third kappa shape index (κ3) is 4.35. The van der Waals surface area contributed by atoms with Crippen LogP contribution < -0.4 is 9.64 Å². The highest BCUT2D eigenvalue weighted by atomic mass is 19.3. The van der Waals surface area contributed by atoms with Gasteiger partial charge in [-0.05, 0) is 18.4 Å². The standard InChI is InChI=1S/C29H27F2N7O4/c1-28(30,31)20-12-37(2)24(35-20)18-6-4-16(5-7-18)11-38-25-19(29(13-41-14-29)42-27(38)39)10-32-23(36-25)21-22(17-8-9-17)33-15-34-26(21)40-3/h4-7,10,12,15,17H,8-9,11,13-14H2,1-3H3. The van der Waals surface area contributed by atoms with Gasteiger partial charge < -0.3 is 18.8 Å². The van der Waals surface area contributed by atoms with E-state index in [2.05, 4.69) is 19.9 Å². The van der Waals surface area contributed by atoms with Gasteiger partial charge in [0.2, 0.25) is 5.88 Å². The van der Waals surface area contributed by atoms with E-state index >= 15 is 0 Å². The summed E-state index contributed by atoms with van der Waals surface area (Å²) in [6.45, 7) is 1.39. The lowest BCUT2D eigenvalue weighted by molar-refractivity contribution is -0.186. The number of methoxy groups -OCH3 is 1. The van der Waals surface area contributed by atoms with E-state index in [0.717, 1.165) is 31.0 Å². The predicted octanol–water partition coefficient (Wildman–Crippen LogP) is 4.71. The van der Waals surface area contributed by atoms with Crippen LogP contribution in [0.5, 0.6) is 5.88 Å². The van der Waals surface area contributed by atoms with E-state index in [1.165, 1.54) is 24.5 Å². The number of fused-ring (bicyclic) bond motifs is 2. The number of halogens is 2. The van der Waals surface area contributed by atoms with E-state index in [-0.39, 0.29) is 31.4 Å². The maximum absolute atomic E-state index is 13.8. The molecule has 7 rings (SSSR count). The van der Waals surface area contributed by atoms with Crippen LogP contribution in [0, 0.1) is 0 Å². The number of carbonyl (C=O) groups is 1. The van der Waals surface area contributed by atoms with Crippen molar-refractivity contribution in [2.45, 2.75) is 43.8 Å². The number of hydrogen-bond acceptors (Lipinski definition) is 9. The second-order valence-electron chi connectivity index (χ2n) is 10.9. The first-order valence-corrected chi connectivity index (χ1v) is 13.5. The number of aryl methyl sites for hydroxylation is 1. The van der Waals surface area contributed by atoms with Crippen molar-refractivity contribution in [3.63, 3.8) is 0 Å². The minimum absolute atomic E-state index is 0.149. The van der Waals surface area contributed by atoms with Crippen molar-refractivity contribution in [2.24, 2.45) is 7.05 Å². The largest absolute Gasteiger partial charge is 0.480 e. The number of hydrogen-bond donors (Lipinski definition) is 0. The molecule has 216 valence electrons. The lowest BCUT2D eigenvalue weighted by Gasteiger charge is -2.46. The van der Waals surface area contributed by atoms with Gasteiger partial charge in [-0.1, -0.05) is 24.3 Å². The maximum Gasteiger partial charge on any atom is 0.416 e. The minimum atomic E-state index is -3.04. The molecule has 5 heterocycles. The highest BCUT2D eigenvalue weighted by Gasteiger charge is 2.52. The summed E-state index contributed by atoms with van der Waals surface area (Å²) in [4.78, 5) is 37.3. The summed E-state index contributed by atoms with van der Waals surface area (Å²) in [5, 5.41) is 0. The van der Waals surface area contributed by atoms with E-state index < -0.39 is 17.6 Å². The Bertz CT molecular complexity index is 1700. The van der Waals surface area contributed by atoms with Crippen molar-refractivity contribution in [2.75, 3.05) is 25.2 Å². The van der Waals surface area contributed by atoms with Crippen molar-refractivity contribution in [3.05, 3.63) is 65.5 Å². The van der Waals surface area contributed by atoms with Gasteiger partial charge in [0.05, 0.1) is 38.1 Å². The number of benzene rings is 1. The van der Waals surface area contributed by atoms with Crippen molar-refractivity contribution in [3.8, 4) is 28.7 Å². The Labute approximate surface area is 239 Å². The molecule has 1 aromatic carbocycles. The normalized spacial score (nSPS) is 17.5. The Kier molecular flexibility index (Phi) is 5.98. The van der Waals surface area contributed by atoms with E-state index in [1.54, 1.807) is 29.9 Å². The molecule has 1 spiro atoms. The van der Waals surface area contributed by atoms with Crippen molar-refractivity contribution in [1.82, 2.24) is 29.5 Å². The minimum Gasteiger partial charge on any atom is -0.480 e. The molecule has 3 aliphatic rings. The number of rotatable bonds is 7. The first-order chi connectivity index (χ1) is 20.2. The average molecular weight is 576 g/mol. The molecule has 1 amide bonds.